The third-order valence-corrected chi connectivity index (χ3v) is 7.52. The van der Waals surface area contributed by atoms with Gasteiger partial charge < -0.3 is 24.8 Å². The fourth-order valence-corrected chi connectivity index (χ4v) is 5.90. The Morgan fingerprint density at radius 3 is 2.56 bits per heavy atom. The molecule has 2 N–H and O–H groups in total. The van der Waals surface area contributed by atoms with Crippen LogP contribution >= 0.6 is 11.3 Å². The quantitative estimate of drug-likeness (QED) is 0.398. The summed E-state index contributed by atoms with van der Waals surface area (Å²) in [6, 6.07) is 12.0. The van der Waals surface area contributed by atoms with Crippen LogP contribution in [0.2, 0.25) is 0 Å². The number of fused-ring (bicyclic) bond motifs is 3. The maximum atomic E-state index is 13.0. The summed E-state index contributed by atoms with van der Waals surface area (Å²) < 4.78 is 16.2. The first-order chi connectivity index (χ1) is 16.5. The Morgan fingerprint density at radius 1 is 1.03 bits per heavy atom. The van der Waals surface area contributed by atoms with Crippen molar-refractivity contribution < 1.29 is 23.8 Å². The number of esters is 1. The van der Waals surface area contributed by atoms with E-state index in [2.05, 4.69) is 17.6 Å². The minimum atomic E-state index is -0.499. The van der Waals surface area contributed by atoms with Crippen LogP contribution in [-0.2, 0) is 12.8 Å². The molecule has 2 heterocycles. The summed E-state index contributed by atoms with van der Waals surface area (Å²) in [4.78, 5) is 26.9. The molecule has 34 heavy (non-hydrogen) atoms. The Kier molecular flexibility index (Phi) is 5.91. The highest BCUT2D eigenvalue weighted by Crippen LogP contribution is 2.43. The number of anilines is 1. The third kappa shape index (κ3) is 4.09. The molecule has 0 radical (unpaired) electrons. The van der Waals surface area contributed by atoms with Crippen LogP contribution in [0.25, 0.3) is 0 Å². The number of hydrogen-bond donors (Lipinski definition) is 2. The summed E-state index contributed by atoms with van der Waals surface area (Å²) in [7, 11) is 3.08. The third-order valence-electron chi connectivity index (χ3n) is 6.34. The summed E-state index contributed by atoms with van der Waals surface area (Å²) in [5.74, 6) is 1.45. The predicted molar refractivity (Wildman–Crippen MR) is 130 cm³/mol. The number of carbonyl (C=O) groups is 2. The number of methoxy groups -OCH3 is 2. The maximum absolute atomic E-state index is 13.0. The molecule has 8 heteroatoms. The second-order valence-electron chi connectivity index (χ2n) is 8.64. The number of nitrogens with one attached hydrogen (secondary N) is 2. The van der Waals surface area contributed by atoms with E-state index in [1.54, 1.807) is 54.8 Å². The summed E-state index contributed by atoms with van der Waals surface area (Å²) >= 11 is 1.68. The fraction of sp³-hybridized carbons (Fsp3) is 0.308. The molecule has 0 unspecified atom stereocenters. The molecule has 0 saturated heterocycles. The first-order valence-corrected chi connectivity index (χ1v) is 12.0. The van der Waals surface area contributed by atoms with Gasteiger partial charge in [0.1, 0.15) is 16.9 Å². The van der Waals surface area contributed by atoms with Crippen molar-refractivity contribution >= 4 is 28.2 Å². The molecule has 1 aliphatic carbocycles. The lowest BCUT2D eigenvalue weighted by molar-refractivity contribution is 0.0729. The molecule has 1 aromatic heterocycles. The van der Waals surface area contributed by atoms with Gasteiger partial charge in [-0.1, -0.05) is 13.0 Å². The van der Waals surface area contributed by atoms with E-state index in [1.807, 2.05) is 6.07 Å². The first-order valence-electron chi connectivity index (χ1n) is 11.2. The molecular formula is C26H26N2O5S. The molecule has 1 aliphatic heterocycles. The number of amides is 1. The van der Waals surface area contributed by atoms with Crippen LogP contribution in [0, 0.1) is 5.92 Å². The number of rotatable bonds is 5. The van der Waals surface area contributed by atoms with Crippen LogP contribution in [0.15, 0.2) is 42.5 Å². The maximum Gasteiger partial charge on any atom is 0.343 e. The van der Waals surface area contributed by atoms with Gasteiger partial charge in [0.25, 0.3) is 5.91 Å². The fourth-order valence-electron chi connectivity index (χ4n) is 4.46. The molecule has 7 nitrogen and oxygen atoms in total. The van der Waals surface area contributed by atoms with E-state index in [4.69, 9.17) is 14.2 Å². The molecule has 1 amide bonds. The van der Waals surface area contributed by atoms with E-state index < -0.39 is 12.1 Å². The van der Waals surface area contributed by atoms with E-state index in [1.165, 1.54) is 17.6 Å². The largest absolute Gasteiger partial charge is 0.497 e. The number of carbonyl (C=O) groups excluding carboxylic acids is 2. The molecule has 2 aliphatic rings. The van der Waals surface area contributed by atoms with Gasteiger partial charge in [0.2, 0.25) is 0 Å². The van der Waals surface area contributed by atoms with Gasteiger partial charge in [-0.2, -0.15) is 0 Å². The number of hydrogen-bond acceptors (Lipinski definition) is 7. The summed E-state index contributed by atoms with van der Waals surface area (Å²) in [6.45, 7) is 2.26. The zero-order valence-corrected chi connectivity index (χ0v) is 20.1. The topological polar surface area (TPSA) is 85.9 Å². The standard InChI is InChI=1S/C26H26N2O5S/c1-14-4-10-18-21(12-14)34-25-22(18)24(29)27-23(28-25)16-7-11-19(20(13-16)32-3)33-26(30)15-5-8-17(31-2)9-6-15/h5-9,11,13-14,23,28H,4,10,12H2,1-3H3,(H,27,29)/t14-,23-/m1/s1. The number of ether oxygens (including phenoxy) is 3. The van der Waals surface area contributed by atoms with E-state index in [-0.39, 0.29) is 5.91 Å². The van der Waals surface area contributed by atoms with Crippen molar-refractivity contribution in [2.75, 3.05) is 19.5 Å². The van der Waals surface area contributed by atoms with E-state index in [0.717, 1.165) is 35.4 Å². The lowest BCUT2D eigenvalue weighted by atomic mass is 9.88. The summed E-state index contributed by atoms with van der Waals surface area (Å²) in [5.41, 5.74) is 3.19. The monoisotopic (exact) mass is 478 g/mol. The highest BCUT2D eigenvalue weighted by Gasteiger charge is 2.33. The van der Waals surface area contributed by atoms with E-state index in [9.17, 15) is 9.59 Å². The number of benzene rings is 2. The molecular weight excluding hydrogens is 452 g/mol. The Bertz CT molecular complexity index is 1250. The Morgan fingerprint density at radius 2 is 1.82 bits per heavy atom. The van der Waals surface area contributed by atoms with E-state index >= 15 is 0 Å². The first kappa shape index (κ1) is 22.3. The van der Waals surface area contributed by atoms with Crippen molar-refractivity contribution in [3.05, 3.63) is 69.6 Å². The second-order valence-corrected chi connectivity index (χ2v) is 9.74. The second kappa shape index (κ2) is 9.02. The zero-order valence-electron chi connectivity index (χ0n) is 19.3. The van der Waals surface area contributed by atoms with Crippen LogP contribution in [0.1, 0.15) is 56.2 Å². The smallest absolute Gasteiger partial charge is 0.343 e. The number of thiophene rings is 1. The molecule has 5 rings (SSSR count). The summed E-state index contributed by atoms with van der Waals surface area (Å²) in [5, 5.41) is 7.46. The molecule has 176 valence electrons. The molecule has 2 aromatic carbocycles. The van der Waals surface area contributed by atoms with Gasteiger partial charge >= 0.3 is 5.97 Å². The van der Waals surface area contributed by atoms with Crippen LogP contribution in [-0.4, -0.2) is 26.1 Å². The minimum Gasteiger partial charge on any atom is -0.497 e. The average Bonchev–Trinajstić information content (AvgIpc) is 3.22. The average molecular weight is 479 g/mol. The Labute approximate surface area is 202 Å². The lowest BCUT2D eigenvalue weighted by Crippen LogP contribution is -2.38. The summed E-state index contributed by atoms with van der Waals surface area (Å²) in [6.07, 6.45) is 2.68. The Balaban J connectivity index is 1.36. The van der Waals surface area contributed by atoms with Crippen molar-refractivity contribution in [3.63, 3.8) is 0 Å². The highest BCUT2D eigenvalue weighted by molar-refractivity contribution is 7.16. The molecule has 2 atom stereocenters. The molecule has 0 saturated carbocycles. The van der Waals surface area contributed by atoms with Gasteiger partial charge in [0.05, 0.1) is 25.3 Å². The van der Waals surface area contributed by atoms with Gasteiger partial charge in [-0.05, 0) is 72.7 Å². The van der Waals surface area contributed by atoms with Crippen LogP contribution in [0.5, 0.6) is 17.2 Å². The normalized spacial score (nSPS) is 18.7. The van der Waals surface area contributed by atoms with Crippen molar-refractivity contribution in [3.8, 4) is 17.2 Å². The van der Waals surface area contributed by atoms with Crippen LogP contribution < -0.4 is 24.8 Å². The Hall–Kier alpha value is -3.52. The van der Waals surface area contributed by atoms with Gasteiger partial charge in [0.15, 0.2) is 11.5 Å². The van der Waals surface area contributed by atoms with Gasteiger partial charge in [0, 0.05) is 4.88 Å². The molecule has 0 fully saturated rings. The molecule has 3 aromatic rings. The lowest BCUT2D eigenvalue weighted by Gasteiger charge is -2.27. The van der Waals surface area contributed by atoms with Gasteiger partial charge in [-0.15, -0.1) is 11.3 Å². The van der Waals surface area contributed by atoms with Crippen LogP contribution in [0.4, 0.5) is 5.00 Å². The molecule has 0 spiro atoms. The van der Waals surface area contributed by atoms with Crippen molar-refractivity contribution in [2.24, 2.45) is 5.92 Å². The van der Waals surface area contributed by atoms with Crippen molar-refractivity contribution in [1.29, 1.82) is 0 Å². The van der Waals surface area contributed by atoms with Crippen LogP contribution in [0.3, 0.4) is 0 Å². The zero-order chi connectivity index (χ0) is 23.8. The molecule has 0 bridgehead atoms. The van der Waals surface area contributed by atoms with Gasteiger partial charge in [-0.3, -0.25) is 4.79 Å². The highest BCUT2D eigenvalue weighted by atomic mass is 32.1. The SMILES string of the molecule is COc1ccc(C(=O)Oc2ccc([C@@H]3NC(=O)c4c(sc5c4CC[C@@H](C)C5)N3)cc2OC)cc1. The predicted octanol–water partition coefficient (Wildman–Crippen LogP) is 4.96. The van der Waals surface area contributed by atoms with Crippen molar-refractivity contribution in [1.82, 2.24) is 5.32 Å². The minimum absolute atomic E-state index is 0.0558. The van der Waals surface area contributed by atoms with E-state index in [0.29, 0.717) is 28.7 Å². The van der Waals surface area contributed by atoms with Crippen molar-refractivity contribution in [2.45, 2.75) is 32.4 Å². The van der Waals surface area contributed by atoms with Gasteiger partial charge in [-0.25, -0.2) is 4.79 Å².